The second-order valence-corrected chi connectivity index (χ2v) is 3.77. The highest BCUT2D eigenvalue weighted by molar-refractivity contribution is 6.09. The summed E-state index contributed by atoms with van der Waals surface area (Å²) in [5, 5.41) is 0. The summed E-state index contributed by atoms with van der Waals surface area (Å²) in [4.78, 5) is 22.6. The predicted molar refractivity (Wildman–Crippen MR) is 55.6 cm³/mol. The Morgan fingerprint density at radius 2 is 1.59 bits per heavy atom. The Labute approximate surface area is 96.4 Å². The smallest absolute Gasteiger partial charge is 0.299 e. The van der Waals surface area contributed by atoms with Crippen LogP contribution in [0.5, 0.6) is 0 Å². The zero-order valence-corrected chi connectivity index (χ0v) is 9.34. The van der Waals surface area contributed by atoms with E-state index in [1.54, 1.807) is 0 Å². The summed E-state index contributed by atoms with van der Waals surface area (Å²) < 4.78 is 36.8. The van der Waals surface area contributed by atoms with Crippen molar-refractivity contribution in [2.75, 3.05) is 0 Å². The number of ketones is 2. The molecule has 0 aromatic heterocycles. The Hall–Kier alpha value is -1.65. The van der Waals surface area contributed by atoms with E-state index in [9.17, 15) is 22.8 Å². The average molecular weight is 244 g/mol. The minimum atomic E-state index is -4.42. The molecule has 0 saturated heterocycles. The molecule has 92 valence electrons. The molecule has 0 aliphatic heterocycles. The Kier molecular flexibility index (Phi) is 3.70. The van der Waals surface area contributed by atoms with Crippen molar-refractivity contribution in [3.05, 3.63) is 35.4 Å². The third-order valence-corrected chi connectivity index (χ3v) is 2.50. The van der Waals surface area contributed by atoms with Crippen LogP contribution in [0.25, 0.3) is 0 Å². The lowest BCUT2D eigenvalue weighted by atomic mass is 9.95. The van der Waals surface area contributed by atoms with E-state index in [2.05, 4.69) is 0 Å². The first-order valence-electron chi connectivity index (χ1n) is 4.95. The second kappa shape index (κ2) is 4.69. The summed E-state index contributed by atoms with van der Waals surface area (Å²) in [7, 11) is 0. The molecule has 0 radical (unpaired) electrons. The summed E-state index contributed by atoms with van der Waals surface area (Å²) in [5.74, 6) is -1.60. The SMILES string of the molecule is CC(=O)C(C)C(=O)c1ccc(C(F)(F)F)cc1. The van der Waals surface area contributed by atoms with Crippen molar-refractivity contribution < 1.29 is 22.8 Å². The standard InChI is InChI=1S/C12H11F3O2/c1-7(8(2)16)11(17)9-3-5-10(6-4-9)12(13,14)15/h3-7H,1-2H3. The lowest BCUT2D eigenvalue weighted by molar-refractivity contribution is -0.137. The second-order valence-electron chi connectivity index (χ2n) is 3.77. The maximum absolute atomic E-state index is 12.3. The van der Waals surface area contributed by atoms with Crippen LogP contribution in [0.15, 0.2) is 24.3 Å². The molecule has 1 rings (SSSR count). The fourth-order valence-corrected chi connectivity index (χ4v) is 1.26. The van der Waals surface area contributed by atoms with Gasteiger partial charge in [-0.05, 0) is 26.0 Å². The molecule has 2 nitrogen and oxygen atoms in total. The van der Waals surface area contributed by atoms with Crippen molar-refractivity contribution in [2.24, 2.45) is 5.92 Å². The van der Waals surface area contributed by atoms with E-state index in [1.165, 1.54) is 13.8 Å². The lowest BCUT2D eigenvalue weighted by Gasteiger charge is -2.09. The lowest BCUT2D eigenvalue weighted by Crippen LogP contribution is -2.18. The van der Waals surface area contributed by atoms with Crippen LogP contribution in [0, 0.1) is 5.92 Å². The van der Waals surface area contributed by atoms with Gasteiger partial charge in [0.25, 0.3) is 0 Å². The van der Waals surface area contributed by atoms with Gasteiger partial charge in [0, 0.05) is 5.56 Å². The molecule has 0 heterocycles. The molecule has 17 heavy (non-hydrogen) atoms. The van der Waals surface area contributed by atoms with Crippen LogP contribution >= 0.6 is 0 Å². The molecule has 1 unspecified atom stereocenters. The van der Waals surface area contributed by atoms with Gasteiger partial charge in [-0.25, -0.2) is 0 Å². The van der Waals surface area contributed by atoms with Crippen molar-refractivity contribution in [1.29, 1.82) is 0 Å². The summed E-state index contributed by atoms with van der Waals surface area (Å²) in [6, 6.07) is 3.84. The minimum Gasteiger partial charge on any atom is -0.299 e. The molecule has 0 amide bonds. The summed E-state index contributed by atoms with van der Waals surface area (Å²) in [5.41, 5.74) is -0.703. The van der Waals surface area contributed by atoms with E-state index < -0.39 is 23.4 Å². The summed E-state index contributed by atoms with van der Waals surface area (Å²) in [6.07, 6.45) is -4.42. The molecule has 1 atom stereocenters. The Balaban J connectivity index is 2.96. The largest absolute Gasteiger partial charge is 0.416 e. The number of hydrogen-bond acceptors (Lipinski definition) is 2. The molecule has 1 aromatic rings. The van der Waals surface area contributed by atoms with Crippen LogP contribution in [-0.2, 0) is 11.0 Å². The summed E-state index contributed by atoms with van der Waals surface area (Å²) >= 11 is 0. The van der Waals surface area contributed by atoms with Crippen LogP contribution in [0.2, 0.25) is 0 Å². The van der Waals surface area contributed by atoms with Crippen LogP contribution in [0.1, 0.15) is 29.8 Å². The minimum absolute atomic E-state index is 0.112. The Morgan fingerprint density at radius 3 is 1.94 bits per heavy atom. The molecule has 0 spiro atoms. The number of rotatable bonds is 3. The first-order valence-corrected chi connectivity index (χ1v) is 4.95. The van der Waals surface area contributed by atoms with Crippen molar-refractivity contribution in [3.63, 3.8) is 0 Å². The third-order valence-electron chi connectivity index (χ3n) is 2.50. The number of alkyl halides is 3. The van der Waals surface area contributed by atoms with E-state index in [0.29, 0.717) is 0 Å². The number of carbonyl (C=O) groups excluding carboxylic acids is 2. The van der Waals surface area contributed by atoms with Gasteiger partial charge >= 0.3 is 6.18 Å². The summed E-state index contributed by atoms with van der Waals surface area (Å²) in [6.45, 7) is 2.70. The van der Waals surface area contributed by atoms with Crippen molar-refractivity contribution in [3.8, 4) is 0 Å². The maximum Gasteiger partial charge on any atom is 0.416 e. The molecular weight excluding hydrogens is 233 g/mol. The molecule has 0 fully saturated rings. The van der Waals surface area contributed by atoms with Crippen molar-refractivity contribution >= 4 is 11.6 Å². The van der Waals surface area contributed by atoms with Crippen molar-refractivity contribution in [1.82, 2.24) is 0 Å². The molecule has 0 aliphatic rings. The monoisotopic (exact) mass is 244 g/mol. The van der Waals surface area contributed by atoms with E-state index >= 15 is 0 Å². The van der Waals surface area contributed by atoms with Gasteiger partial charge in [-0.15, -0.1) is 0 Å². The van der Waals surface area contributed by atoms with E-state index in [4.69, 9.17) is 0 Å². The van der Waals surface area contributed by atoms with Gasteiger partial charge < -0.3 is 0 Å². The molecule has 1 aromatic carbocycles. The first kappa shape index (κ1) is 13.4. The topological polar surface area (TPSA) is 34.1 Å². The zero-order chi connectivity index (χ0) is 13.2. The van der Waals surface area contributed by atoms with Crippen LogP contribution in [0.4, 0.5) is 13.2 Å². The molecule has 0 aliphatic carbocycles. The molecule has 5 heteroatoms. The van der Waals surface area contributed by atoms with Gasteiger partial charge in [-0.1, -0.05) is 12.1 Å². The van der Waals surface area contributed by atoms with Gasteiger partial charge in [0.05, 0.1) is 11.5 Å². The molecule has 0 saturated carbocycles. The number of Topliss-reactive ketones (excluding diaryl/α,β-unsaturated/α-hetero) is 2. The predicted octanol–water partition coefficient (Wildman–Crippen LogP) is 3.11. The number of benzene rings is 1. The normalized spacial score (nSPS) is 13.2. The fraction of sp³-hybridized carbons (Fsp3) is 0.333. The number of halogens is 3. The quantitative estimate of drug-likeness (QED) is 0.604. The molecule has 0 bridgehead atoms. The third kappa shape index (κ3) is 3.15. The van der Waals surface area contributed by atoms with E-state index in [1.807, 2.05) is 0 Å². The Bertz CT molecular complexity index is 432. The molecule has 0 N–H and O–H groups in total. The van der Waals surface area contributed by atoms with Crippen molar-refractivity contribution in [2.45, 2.75) is 20.0 Å². The van der Waals surface area contributed by atoms with Crippen LogP contribution < -0.4 is 0 Å². The highest BCUT2D eigenvalue weighted by Gasteiger charge is 2.30. The van der Waals surface area contributed by atoms with Crippen LogP contribution in [-0.4, -0.2) is 11.6 Å². The van der Waals surface area contributed by atoms with Gasteiger partial charge in [0.1, 0.15) is 5.78 Å². The first-order chi connectivity index (χ1) is 7.73. The fourth-order valence-electron chi connectivity index (χ4n) is 1.26. The molecular formula is C12H11F3O2. The number of hydrogen-bond donors (Lipinski definition) is 0. The zero-order valence-electron chi connectivity index (χ0n) is 9.34. The number of carbonyl (C=O) groups is 2. The Morgan fingerprint density at radius 1 is 1.12 bits per heavy atom. The van der Waals surface area contributed by atoms with Gasteiger partial charge in [0.15, 0.2) is 5.78 Å². The van der Waals surface area contributed by atoms with Crippen LogP contribution in [0.3, 0.4) is 0 Å². The average Bonchev–Trinajstić information content (AvgIpc) is 2.26. The van der Waals surface area contributed by atoms with Gasteiger partial charge in [-0.2, -0.15) is 13.2 Å². The highest BCUT2D eigenvalue weighted by Crippen LogP contribution is 2.29. The van der Waals surface area contributed by atoms with E-state index in [-0.39, 0.29) is 11.3 Å². The van der Waals surface area contributed by atoms with E-state index in [0.717, 1.165) is 24.3 Å². The maximum atomic E-state index is 12.3. The van der Waals surface area contributed by atoms with Gasteiger partial charge in [-0.3, -0.25) is 9.59 Å². The van der Waals surface area contributed by atoms with Gasteiger partial charge in [0.2, 0.25) is 0 Å². The highest BCUT2D eigenvalue weighted by atomic mass is 19.4.